The van der Waals surface area contributed by atoms with E-state index in [1.54, 1.807) is 36.3 Å². The summed E-state index contributed by atoms with van der Waals surface area (Å²) in [5, 5.41) is 9.88. The van der Waals surface area contributed by atoms with E-state index in [4.69, 9.17) is 0 Å². The number of pyridine rings is 1. The fourth-order valence-corrected chi connectivity index (χ4v) is 1.63. The third-order valence-corrected chi connectivity index (χ3v) is 2.54. The number of carbonyl (C=O) groups is 1. The van der Waals surface area contributed by atoms with Gasteiger partial charge in [-0.25, -0.2) is 4.98 Å². The van der Waals surface area contributed by atoms with Gasteiger partial charge in [0.2, 0.25) is 0 Å². The summed E-state index contributed by atoms with van der Waals surface area (Å²) in [7, 11) is 3.57. The Morgan fingerprint density at radius 2 is 2.22 bits per heavy atom. The Bertz CT molecular complexity index is 576. The molecular weight excluding hydrogens is 230 g/mol. The number of amides is 1. The molecule has 0 unspecified atom stereocenters. The maximum absolute atomic E-state index is 12.0. The smallest absolute Gasteiger partial charge is 0.255 e. The molecule has 0 atom stereocenters. The van der Waals surface area contributed by atoms with Crippen LogP contribution in [0.2, 0.25) is 0 Å². The van der Waals surface area contributed by atoms with E-state index in [9.17, 15) is 4.79 Å². The van der Waals surface area contributed by atoms with Crippen molar-refractivity contribution in [2.45, 2.75) is 6.92 Å². The van der Waals surface area contributed by atoms with Crippen LogP contribution in [0.4, 0.5) is 11.5 Å². The maximum atomic E-state index is 12.0. The molecule has 0 fully saturated rings. The second-order valence-corrected chi connectivity index (χ2v) is 3.94. The number of aryl methyl sites for hydroxylation is 2. The van der Waals surface area contributed by atoms with Crippen LogP contribution in [0, 0.1) is 6.92 Å². The van der Waals surface area contributed by atoms with Crippen LogP contribution >= 0.6 is 0 Å². The predicted molar refractivity (Wildman–Crippen MR) is 69.7 cm³/mol. The number of nitrogens with one attached hydrogen (secondary N) is 2. The van der Waals surface area contributed by atoms with Crippen molar-refractivity contribution in [2.24, 2.45) is 7.05 Å². The highest BCUT2D eigenvalue weighted by Crippen LogP contribution is 2.14. The highest BCUT2D eigenvalue weighted by atomic mass is 16.1. The maximum Gasteiger partial charge on any atom is 0.255 e. The van der Waals surface area contributed by atoms with Gasteiger partial charge in [-0.2, -0.15) is 5.10 Å². The third-order valence-electron chi connectivity index (χ3n) is 2.54. The summed E-state index contributed by atoms with van der Waals surface area (Å²) in [6.45, 7) is 1.85. The zero-order valence-corrected chi connectivity index (χ0v) is 10.6. The van der Waals surface area contributed by atoms with Gasteiger partial charge in [-0.3, -0.25) is 9.48 Å². The fraction of sp³-hybridized carbons (Fsp3) is 0.250. The topological polar surface area (TPSA) is 71.8 Å². The van der Waals surface area contributed by atoms with Gasteiger partial charge < -0.3 is 10.6 Å². The molecule has 0 saturated heterocycles. The van der Waals surface area contributed by atoms with Crippen molar-refractivity contribution in [3.8, 4) is 0 Å². The van der Waals surface area contributed by atoms with Crippen molar-refractivity contribution in [1.29, 1.82) is 0 Å². The quantitative estimate of drug-likeness (QED) is 0.857. The lowest BCUT2D eigenvalue weighted by Crippen LogP contribution is -2.12. The molecular formula is C12H15N5O. The van der Waals surface area contributed by atoms with E-state index >= 15 is 0 Å². The van der Waals surface area contributed by atoms with E-state index in [1.165, 1.54) is 0 Å². The summed E-state index contributed by atoms with van der Waals surface area (Å²) < 4.78 is 1.66. The highest BCUT2D eigenvalue weighted by molar-refractivity contribution is 6.04. The second kappa shape index (κ2) is 4.87. The number of carbonyl (C=O) groups excluding carboxylic acids is 1. The lowest BCUT2D eigenvalue weighted by molar-refractivity contribution is 0.102. The van der Waals surface area contributed by atoms with E-state index in [0.717, 1.165) is 5.69 Å². The molecule has 6 nitrogen and oxygen atoms in total. The summed E-state index contributed by atoms with van der Waals surface area (Å²) in [5.41, 5.74) is 2.05. The van der Waals surface area contributed by atoms with Gasteiger partial charge in [0.25, 0.3) is 5.91 Å². The number of aromatic nitrogens is 3. The molecule has 94 valence electrons. The Kier molecular flexibility index (Phi) is 3.27. The fourth-order valence-electron chi connectivity index (χ4n) is 1.63. The summed E-state index contributed by atoms with van der Waals surface area (Å²) in [5.74, 6) is 0.482. The van der Waals surface area contributed by atoms with Crippen LogP contribution < -0.4 is 10.6 Å². The van der Waals surface area contributed by atoms with Crippen molar-refractivity contribution in [2.75, 3.05) is 17.7 Å². The average molecular weight is 245 g/mol. The van der Waals surface area contributed by atoms with Gasteiger partial charge >= 0.3 is 0 Å². The van der Waals surface area contributed by atoms with Gasteiger partial charge in [-0.15, -0.1) is 0 Å². The minimum absolute atomic E-state index is 0.176. The minimum Gasteiger partial charge on any atom is -0.373 e. The zero-order valence-electron chi connectivity index (χ0n) is 10.6. The molecule has 0 bridgehead atoms. The van der Waals surface area contributed by atoms with Crippen LogP contribution in [-0.4, -0.2) is 27.7 Å². The van der Waals surface area contributed by atoms with Crippen molar-refractivity contribution in [1.82, 2.24) is 14.8 Å². The first-order chi connectivity index (χ1) is 8.60. The summed E-state index contributed by atoms with van der Waals surface area (Å²) in [6.07, 6.45) is 3.37. The largest absolute Gasteiger partial charge is 0.373 e. The SMILES string of the molecule is CNc1cc(C(=O)Nc2cn(C)nc2C)ccn1. The zero-order chi connectivity index (χ0) is 13.1. The second-order valence-electron chi connectivity index (χ2n) is 3.94. The Morgan fingerprint density at radius 3 is 2.83 bits per heavy atom. The van der Waals surface area contributed by atoms with Gasteiger partial charge in [0.1, 0.15) is 5.82 Å². The van der Waals surface area contributed by atoms with E-state index in [-0.39, 0.29) is 5.91 Å². The molecule has 2 aromatic rings. The lowest BCUT2D eigenvalue weighted by atomic mass is 10.2. The Hall–Kier alpha value is -2.37. The Labute approximate surface area is 105 Å². The number of hydrogen-bond donors (Lipinski definition) is 2. The number of nitrogens with zero attached hydrogens (tertiary/aromatic N) is 3. The molecule has 18 heavy (non-hydrogen) atoms. The standard InChI is InChI=1S/C12H15N5O/c1-8-10(7-17(3)16-8)15-12(18)9-4-5-14-11(6-9)13-2/h4-7H,1-3H3,(H,13,14)(H,15,18). The van der Waals surface area contributed by atoms with Crippen molar-refractivity contribution in [3.63, 3.8) is 0 Å². The number of rotatable bonds is 3. The van der Waals surface area contributed by atoms with E-state index in [1.807, 2.05) is 14.0 Å². The average Bonchev–Trinajstić information content (AvgIpc) is 2.68. The molecule has 0 spiro atoms. The first kappa shape index (κ1) is 12.1. The van der Waals surface area contributed by atoms with E-state index in [2.05, 4.69) is 20.7 Å². The Morgan fingerprint density at radius 1 is 1.44 bits per heavy atom. The monoisotopic (exact) mass is 245 g/mol. The van der Waals surface area contributed by atoms with Crippen LogP contribution in [0.5, 0.6) is 0 Å². The van der Waals surface area contributed by atoms with Gasteiger partial charge in [0, 0.05) is 32.1 Å². The number of hydrogen-bond acceptors (Lipinski definition) is 4. The first-order valence-corrected chi connectivity index (χ1v) is 5.55. The first-order valence-electron chi connectivity index (χ1n) is 5.55. The van der Waals surface area contributed by atoms with Gasteiger partial charge in [0.15, 0.2) is 0 Å². The summed E-state index contributed by atoms with van der Waals surface area (Å²) in [6, 6.07) is 3.36. The normalized spacial score (nSPS) is 10.2. The minimum atomic E-state index is -0.176. The molecule has 0 aliphatic rings. The molecule has 0 radical (unpaired) electrons. The van der Waals surface area contributed by atoms with Crippen molar-refractivity contribution >= 4 is 17.4 Å². The molecule has 0 aliphatic heterocycles. The molecule has 0 aliphatic carbocycles. The molecule has 2 aromatic heterocycles. The van der Waals surface area contributed by atoms with Gasteiger partial charge in [0.05, 0.1) is 11.4 Å². The van der Waals surface area contributed by atoms with Crippen molar-refractivity contribution < 1.29 is 4.79 Å². The lowest BCUT2D eigenvalue weighted by Gasteiger charge is -2.05. The summed E-state index contributed by atoms with van der Waals surface area (Å²) >= 11 is 0. The molecule has 2 N–H and O–H groups in total. The molecule has 2 rings (SSSR count). The summed E-state index contributed by atoms with van der Waals surface area (Å²) in [4.78, 5) is 16.1. The van der Waals surface area contributed by atoms with E-state index < -0.39 is 0 Å². The molecule has 0 saturated carbocycles. The molecule has 0 aromatic carbocycles. The van der Waals surface area contributed by atoms with Crippen molar-refractivity contribution in [3.05, 3.63) is 35.8 Å². The predicted octanol–water partition coefficient (Wildman–Crippen LogP) is 1.42. The third kappa shape index (κ3) is 2.48. The van der Waals surface area contributed by atoms with Crippen LogP contribution in [0.1, 0.15) is 16.1 Å². The van der Waals surface area contributed by atoms with Crippen LogP contribution in [0.25, 0.3) is 0 Å². The molecule has 2 heterocycles. The number of anilines is 2. The Balaban J connectivity index is 2.19. The van der Waals surface area contributed by atoms with E-state index in [0.29, 0.717) is 17.1 Å². The van der Waals surface area contributed by atoms with Gasteiger partial charge in [-0.05, 0) is 19.1 Å². The highest BCUT2D eigenvalue weighted by Gasteiger charge is 2.10. The van der Waals surface area contributed by atoms with Gasteiger partial charge in [-0.1, -0.05) is 0 Å². The molecule has 6 heteroatoms. The van der Waals surface area contributed by atoms with Crippen LogP contribution in [0.15, 0.2) is 24.5 Å². The van der Waals surface area contributed by atoms with Crippen LogP contribution in [-0.2, 0) is 7.05 Å². The molecule has 1 amide bonds. The van der Waals surface area contributed by atoms with Crippen LogP contribution in [0.3, 0.4) is 0 Å².